The van der Waals surface area contributed by atoms with Crippen molar-refractivity contribution in [2.45, 2.75) is 51.5 Å². The summed E-state index contributed by atoms with van der Waals surface area (Å²) in [5, 5.41) is 13.8. The molecule has 1 heterocycles. The second kappa shape index (κ2) is 9.37. The molecule has 1 aliphatic heterocycles. The van der Waals surface area contributed by atoms with Crippen LogP contribution in [0, 0.1) is 5.41 Å². The van der Waals surface area contributed by atoms with Crippen LogP contribution in [-0.4, -0.2) is 31.8 Å². The average molecular weight is 485 g/mol. The number of nitrogens with zero attached hydrogens (tertiary/aromatic N) is 1. The van der Waals surface area contributed by atoms with E-state index >= 15 is 0 Å². The van der Waals surface area contributed by atoms with Gasteiger partial charge in [-0.1, -0.05) is 74.0 Å². The molecule has 3 aromatic rings. The number of rotatable bonds is 6. The molecule has 0 aromatic heterocycles. The predicted molar refractivity (Wildman–Crippen MR) is 138 cm³/mol. The van der Waals surface area contributed by atoms with Gasteiger partial charge in [0.15, 0.2) is 0 Å². The van der Waals surface area contributed by atoms with E-state index in [9.17, 15) is 19.0 Å². The third-order valence-electron chi connectivity index (χ3n) is 6.19. The number of ether oxygens (including phenoxy) is 1. The summed E-state index contributed by atoms with van der Waals surface area (Å²) in [4.78, 5) is 11.3. The first-order valence-corrected chi connectivity index (χ1v) is 13.0. The van der Waals surface area contributed by atoms with Crippen molar-refractivity contribution < 1.29 is 23.7 Å². The van der Waals surface area contributed by atoms with Crippen LogP contribution in [0.4, 0.5) is 16.2 Å². The number of hydrogen-bond donors (Lipinski definition) is 4. The van der Waals surface area contributed by atoms with Gasteiger partial charge < -0.3 is 15.2 Å². The molecular formula is C26H32N2O5S. The van der Waals surface area contributed by atoms with Gasteiger partial charge in [0.2, 0.25) is 5.44 Å². The Morgan fingerprint density at radius 1 is 1.06 bits per heavy atom. The van der Waals surface area contributed by atoms with Gasteiger partial charge in [-0.2, -0.15) is 0 Å². The molecule has 0 aliphatic carbocycles. The number of carbonyl (C=O) groups is 1. The SMILES string of the molecule is CC(C)(C)C(CCCC1Oc2cc3ccccc3cc2N(c2ccccc2)S1(O)O)NC(=O)O. The number of benzene rings is 3. The van der Waals surface area contributed by atoms with Gasteiger partial charge in [0.1, 0.15) is 11.4 Å². The summed E-state index contributed by atoms with van der Waals surface area (Å²) in [5.74, 6) is 0.592. The molecule has 4 rings (SSSR count). The van der Waals surface area contributed by atoms with Crippen LogP contribution >= 0.6 is 10.8 Å². The molecular weight excluding hydrogens is 452 g/mol. The van der Waals surface area contributed by atoms with Gasteiger partial charge in [-0.15, -0.1) is 0 Å². The number of anilines is 2. The van der Waals surface area contributed by atoms with E-state index in [1.807, 2.05) is 87.5 Å². The Morgan fingerprint density at radius 2 is 1.68 bits per heavy atom. The maximum atomic E-state index is 11.5. The van der Waals surface area contributed by atoms with Gasteiger partial charge in [0, 0.05) is 12.5 Å². The van der Waals surface area contributed by atoms with Gasteiger partial charge in [0.05, 0.1) is 5.69 Å². The second-order valence-electron chi connectivity index (χ2n) is 9.70. The van der Waals surface area contributed by atoms with Crippen LogP contribution in [0.5, 0.6) is 5.75 Å². The minimum Gasteiger partial charge on any atom is -0.467 e. The number of carboxylic acid groups (broad SMARTS) is 1. The summed E-state index contributed by atoms with van der Waals surface area (Å²) in [5.41, 5.74) is 0.163. The Morgan fingerprint density at radius 3 is 2.29 bits per heavy atom. The van der Waals surface area contributed by atoms with Crippen molar-refractivity contribution in [2.75, 3.05) is 4.31 Å². The lowest BCUT2D eigenvalue weighted by atomic mass is 9.84. The van der Waals surface area contributed by atoms with Crippen molar-refractivity contribution in [1.82, 2.24) is 5.32 Å². The fourth-order valence-corrected chi connectivity index (χ4v) is 6.18. The zero-order valence-electron chi connectivity index (χ0n) is 19.6. The summed E-state index contributed by atoms with van der Waals surface area (Å²) in [6.45, 7) is 5.95. The van der Waals surface area contributed by atoms with E-state index in [0.29, 0.717) is 36.4 Å². The number of nitrogens with one attached hydrogen (secondary N) is 1. The highest BCUT2D eigenvalue weighted by Crippen LogP contribution is 2.62. The fraction of sp³-hybridized carbons (Fsp3) is 0.346. The lowest BCUT2D eigenvalue weighted by Crippen LogP contribution is -2.43. The molecule has 4 N–H and O–H groups in total. The first-order valence-electron chi connectivity index (χ1n) is 11.4. The Hall–Kier alpha value is -2.94. The molecule has 1 amide bonds. The molecule has 34 heavy (non-hydrogen) atoms. The van der Waals surface area contributed by atoms with Gasteiger partial charge in [-0.05, 0) is 53.3 Å². The Kier molecular flexibility index (Phi) is 6.66. The van der Waals surface area contributed by atoms with E-state index in [4.69, 9.17) is 4.74 Å². The van der Waals surface area contributed by atoms with Crippen LogP contribution < -0.4 is 14.4 Å². The molecule has 7 nitrogen and oxygen atoms in total. The molecule has 0 spiro atoms. The van der Waals surface area contributed by atoms with Crippen molar-refractivity contribution in [3.8, 4) is 5.75 Å². The second-order valence-corrected chi connectivity index (χ2v) is 11.7. The Bertz CT molecular complexity index is 1160. The largest absolute Gasteiger partial charge is 0.467 e. The topological polar surface area (TPSA) is 102 Å². The van der Waals surface area contributed by atoms with E-state index in [1.54, 1.807) is 4.31 Å². The maximum Gasteiger partial charge on any atom is 0.404 e. The van der Waals surface area contributed by atoms with E-state index in [1.165, 1.54) is 0 Å². The molecule has 1 aliphatic rings. The number of para-hydroxylation sites is 1. The highest BCUT2D eigenvalue weighted by molar-refractivity contribution is 8.26. The van der Waals surface area contributed by atoms with Gasteiger partial charge in [-0.3, -0.25) is 9.11 Å². The zero-order chi connectivity index (χ0) is 24.5. The van der Waals surface area contributed by atoms with Gasteiger partial charge >= 0.3 is 6.09 Å². The lowest BCUT2D eigenvalue weighted by molar-refractivity contribution is 0.168. The van der Waals surface area contributed by atoms with Crippen LogP contribution in [0.25, 0.3) is 10.8 Å². The molecule has 8 heteroatoms. The maximum absolute atomic E-state index is 11.5. The van der Waals surface area contributed by atoms with Crippen LogP contribution in [0.1, 0.15) is 40.0 Å². The minimum atomic E-state index is -3.38. The fourth-order valence-electron chi connectivity index (χ4n) is 4.36. The van der Waals surface area contributed by atoms with Crippen molar-refractivity contribution in [3.05, 3.63) is 66.7 Å². The quantitative estimate of drug-likeness (QED) is 0.295. The summed E-state index contributed by atoms with van der Waals surface area (Å²) in [6, 6.07) is 20.8. The normalized spacial score (nSPS) is 19.1. The van der Waals surface area contributed by atoms with Crippen molar-refractivity contribution in [1.29, 1.82) is 0 Å². The van der Waals surface area contributed by atoms with E-state index < -0.39 is 22.3 Å². The zero-order valence-corrected chi connectivity index (χ0v) is 20.5. The first kappa shape index (κ1) is 24.2. The standard InChI is InChI=1S/C26H32N2O5S/c1-26(2,3)23(27-25(29)30)14-9-15-24-33-22-17-19-11-8-7-10-18(19)16-21(22)28(34(24,31)32)20-12-5-4-6-13-20/h4-8,10-13,16-17,23-24,27,31-32H,9,14-15H2,1-3H3,(H,29,30). The third-order valence-corrected chi connectivity index (χ3v) is 8.17. The first-order chi connectivity index (χ1) is 16.1. The third kappa shape index (κ3) is 4.94. The lowest BCUT2D eigenvalue weighted by Gasteiger charge is -2.52. The molecule has 0 radical (unpaired) electrons. The van der Waals surface area contributed by atoms with E-state index in [2.05, 4.69) is 5.32 Å². The molecule has 2 unspecified atom stereocenters. The summed E-state index contributed by atoms with van der Waals surface area (Å²) in [7, 11) is -3.38. The van der Waals surface area contributed by atoms with Crippen LogP contribution in [0.15, 0.2) is 66.7 Å². The van der Waals surface area contributed by atoms with Gasteiger partial charge in [-0.25, -0.2) is 9.10 Å². The summed E-state index contributed by atoms with van der Waals surface area (Å²) >= 11 is 0. The van der Waals surface area contributed by atoms with Crippen molar-refractivity contribution in [2.24, 2.45) is 5.41 Å². The molecule has 3 aromatic carbocycles. The number of fused-ring (bicyclic) bond motifs is 2. The molecule has 0 bridgehead atoms. The van der Waals surface area contributed by atoms with Crippen LogP contribution in [-0.2, 0) is 0 Å². The molecule has 2 atom stereocenters. The molecule has 182 valence electrons. The van der Waals surface area contributed by atoms with Crippen molar-refractivity contribution in [3.63, 3.8) is 0 Å². The Labute approximate surface area is 201 Å². The number of hydrogen-bond acceptors (Lipinski definition) is 5. The monoisotopic (exact) mass is 484 g/mol. The minimum absolute atomic E-state index is 0.267. The van der Waals surface area contributed by atoms with E-state index in [0.717, 1.165) is 10.8 Å². The van der Waals surface area contributed by atoms with E-state index in [-0.39, 0.29) is 11.5 Å². The summed E-state index contributed by atoms with van der Waals surface area (Å²) in [6.07, 6.45) is 0.426. The summed E-state index contributed by atoms with van der Waals surface area (Å²) < 4.78 is 30.7. The predicted octanol–water partition coefficient (Wildman–Crippen LogP) is 7.21. The van der Waals surface area contributed by atoms with Crippen LogP contribution in [0.3, 0.4) is 0 Å². The molecule has 0 saturated heterocycles. The van der Waals surface area contributed by atoms with Gasteiger partial charge in [0.25, 0.3) is 0 Å². The highest BCUT2D eigenvalue weighted by atomic mass is 32.3. The van der Waals surface area contributed by atoms with Crippen molar-refractivity contribution >= 4 is 39.0 Å². The average Bonchev–Trinajstić information content (AvgIpc) is 2.77. The molecule has 0 fully saturated rings. The number of amides is 1. The smallest absolute Gasteiger partial charge is 0.404 e. The Balaban J connectivity index is 1.66. The van der Waals surface area contributed by atoms with Crippen LogP contribution in [0.2, 0.25) is 0 Å². The highest BCUT2D eigenvalue weighted by Gasteiger charge is 2.41. The molecule has 0 saturated carbocycles.